The summed E-state index contributed by atoms with van der Waals surface area (Å²) in [6.07, 6.45) is 0.795. The molecule has 0 saturated carbocycles. The van der Waals surface area contributed by atoms with Gasteiger partial charge in [-0.15, -0.1) is 0 Å². The summed E-state index contributed by atoms with van der Waals surface area (Å²) in [6, 6.07) is 15.2. The largest absolute Gasteiger partial charge is 0.497 e. The number of hydrogen-bond donors (Lipinski definition) is 0. The van der Waals surface area contributed by atoms with Gasteiger partial charge in [-0.05, 0) is 24.3 Å². The number of ether oxygens (including phenoxy) is 2. The highest BCUT2D eigenvalue weighted by Gasteiger charge is 2.28. The maximum absolute atomic E-state index is 12.8. The zero-order valence-electron chi connectivity index (χ0n) is 12.8. The Morgan fingerprint density at radius 3 is 2.86 bits per heavy atom. The van der Waals surface area contributed by atoms with Gasteiger partial charge >= 0.3 is 0 Å². The van der Waals surface area contributed by atoms with E-state index < -0.39 is 0 Å². The maximum Gasteiger partial charge on any atom is 0.254 e. The first-order valence-electron chi connectivity index (χ1n) is 7.33. The van der Waals surface area contributed by atoms with Gasteiger partial charge in [-0.25, -0.2) is 0 Å². The minimum atomic E-state index is -0.0133. The van der Waals surface area contributed by atoms with Crippen LogP contribution in [0.5, 0.6) is 11.5 Å². The Kier molecular flexibility index (Phi) is 4.00. The molecule has 0 fully saturated rings. The highest BCUT2D eigenvalue weighted by Crippen LogP contribution is 2.35. The third-order valence-electron chi connectivity index (χ3n) is 4.03. The van der Waals surface area contributed by atoms with Gasteiger partial charge in [-0.3, -0.25) is 4.79 Å². The van der Waals surface area contributed by atoms with Crippen molar-refractivity contribution in [1.82, 2.24) is 4.90 Å². The van der Waals surface area contributed by atoms with E-state index in [2.05, 4.69) is 0 Å². The predicted octanol–water partition coefficient (Wildman–Crippen LogP) is 3.29. The monoisotopic (exact) mass is 297 g/mol. The fourth-order valence-electron chi connectivity index (χ4n) is 2.83. The highest BCUT2D eigenvalue weighted by atomic mass is 16.5. The number of benzene rings is 2. The molecule has 1 aliphatic rings. The summed E-state index contributed by atoms with van der Waals surface area (Å²) in [7, 11) is 3.44. The van der Waals surface area contributed by atoms with Crippen molar-refractivity contribution in [3.05, 3.63) is 59.7 Å². The van der Waals surface area contributed by atoms with Crippen LogP contribution in [0.25, 0.3) is 0 Å². The third kappa shape index (κ3) is 2.64. The lowest BCUT2D eigenvalue weighted by Crippen LogP contribution is -2.34. The van der Waals surface area contributed by atoms with Crippen LogP contribution in [0.3, 0.4) is 0 Å². The van der Waals surface area contributed by atoms with Crippen LogP contribution in [0.2, 0.25) is 0 Å². The molecule has 3 rings (SSSR count). The van der Waals surface area contributed by atoms with Gasteiger partial charge < -0.3 is 14.4 Å². The van der Waals surface area contributed by atoms with Gasteiger partial charge in [0, 0.05) is 24.6 Å². The van der Waals surface area contributed by atoms with Crippen LogP contribution >= 0.6 is 0 Å². The molecule has 4 nitrogen and oxygen atoms in total. The fraction of sp³-hybridized carbons (Fsp3) is 0.278. The average molecular weight is 297 g/mol. The van der Waals surface area contributed by atoms with Crippen LogP contribution < -0.4 is 9.47 Å². The third-order valence-corrected chi connectivity index (χ3v) is 4.03. The van der Waals surface area contributed by atoms with Crippen molar-refractivity contribution in [2.75, 3.05) is 20.8 Å². The van der Waals surface area contributed by atoms with E-state index in [1.165, 1.54) is 0 Å². The minimum Gasteiger partial charge on any atom is -0.497 e. The van der Waals surface area contributed by atoms with Crippen LogP contribution in [0.15, 0.2) is 48.5 Å². The lowest BCUT2D eigenvalue weighted by Gasteiger charge is -2.33. The van der Waals surface area contributed by atoms with E-state index in [1.54, 1.807) is 18.1 Å². The number of para-hydroxylation sites is 1. The predicted molar refractivity (Wildman–Crippen MR) is 84.4 cm³/mol. The van der Waals surface area contributed by atoms with E-state index in [1.807, 2.05) is 49.5 Å². The first kappa shape index (κ1) is 14.4. The Bertz CT molecular complexity index is 684. The van der Waals surface area contributed by atoms with Gasteiger partial charge in [0.1, 0.15) is 11.5 Å². The van der Waals surface area contributed by atoms with E-state index in [9.17, 15) is 4.79 Å². The molecule has 2 aromatic carbocycles. The smallest absolute Gasteiger partial charge is 0.254 e. The molecule has 1 atom stereocenters. The topological polar surface area (TPSA) is 38.8 Å². The van der Waals surface area contributed by atoms with Crippen LogP contribution in [0.1, 0.15) is 28.4 Å². The number of methoxy groups -OCH3 is 1. The summed E-state index contributed by atoms with van der Waals surface area (Å²) < 4.78 is 10.9. The summed E-state index contributed by atoms with van der Waals surface area (Å²) in [5, 5.41) is 0. The molecule has 22 heavy (non-hydrogen) atoms. The second kappa shape index (κ2) is 6.10. The molecule has 0 bridgehead atoms. The maximum atomic E-state index is 12.8. The lowest BCUT2D eigenvalue weighted by molar-refractivity contribution is 0.0686. The first-order valence-corrected chi connectivity index (χ1v) is 7.33. The highest BCUT2D eigenvalue weighted by molar-refractivity contribution is 5.94. The number of carbonyl (C=O) groups excluding carboxylic acids is 1. The van der Waals surface area contributed by atoms with Crippen molar-refractivity contribution < 1.29 is 14.3 Å². The summed E-state index contributed by atoms with van der Waals surface area (Å²) >= 11 is 0. The van der Waals surface area contributed by atoms with E-state index in [0.717, 1.165) is 17.7 Å². The van der Waals surface area contributed by atoms with Crippen molar-refractivity contribution in [2.24, 2.45) is 0 Å². The van der Waals surface area contributed by atoms with Gasteiger partial charge in [0.2, 0.25) is 0 Å². The first-order chi connectivity index (χ1) is 10.7. The summed E-state index contributed by atoms with van der Waals surface area (Å²) in [4.78, 5) is 14.5. The number of nitrogens with zero attached hydrogens (tertiary/aromatic N) is 1. The van der Waals surface area contributed by atoms with Gasteiger partial charge in [0.25, 0.3) is 5.91 Å². The van der Waals surface area contributed by atoms with Gasteiger partial charge in [-0.1, -0.05) is 24.3 Å². The Hall–Kier alpha value is -2.49. The molecule has 0 N–H and O–H groups in total. The lowest BCUT2D eigenvalue weighted by atomic mass is 9.98. The van der Waals surface area contributed by atoms with Crippen LogP contribution in [-0.2, 0) is 0 Å². The normalized spacial score (nSPS) is 16.4. The molecule has 1 aliphatic heterocycles. The average Bonchev–Trinajstić information content (AvgIpc) is 2.60. The van der Waals surface area contributed by atoms with Crippen LogP contribution in [0.4, 0.5) is 0 Å². The minimum absolute atomic E-state index is 0.0133. The molecule has 0 radical (unpaired) electrons. The molecule has 0 saturated heterocycles. The number of amides is 1. The molecule has 1 heterocycles. The van der Waals surface area contributed by atoms with Gasteiger partial charge in [-0.2, -0.15) is 0 Å². The van der Waals surface area contributed by atoms with Gasteiger partial charge in [0.05, 0.1) is 19.8 Å². The Balaban J connectivity index is 1.88. The zero-order valence-corrected chi connectivity index (χ0v) is 12.8. The van der Waals surface area contributed by atoms with E-state index in [-0.39, 0.29) is 11.9 Å². The number of carbonyl (C=O) groups is 1. The van der Waals surface area contributed by atoms with Crippen molar-refractivity contribution in [3.63, 3.8) is 0 Å². The van der Waals surface area contributed by atoms with E-state index in [0.29, 0.717) is 17.9 Å². The Morgan fingerprint density at radius 2 is 2.05 bits per heavy atom. The molecule has 4 heteroatoms. The Labute approximate surface area is 130 Å². The SMILES string of the molecule is COc1cccc(C(=O)N(C)C2CCOc3ccccc32)c1. The van der Waals surface area contributed by atoms with E-state index in [4.69, 9.17) is 9.47 Å². The molecular formula is C18H19NO3. The molecule has 0 spiro atoms. The quantitative estimate of drug-likeness (QED) is 0.872. The number of hydrogen-bond acceptors (Lipinski definition) is 3. The van der Waals surface area contributed by atoms with Crippen molar-refractivity contribution in [3.8, 4) is 11.5 Å². The molecule has 2 aromatic rings. The van der Waals surface area contributed by atoms with E-state index >= 15 is 0 Å². The number of fused-ring (bicyclic) bond motifs is 1. The summed E-state index contributed by atoms with van der Waals surface area (Å²) in [5.41, 5.74) is 1.69. The van der Waals surface area contributed by atoms with Crippen LogP contribution in [-0.4, -0.2) is 31.6 Å². The Morgan fingerprint density at radius 1 is 1.23 bits per heavy atom. The molecule has 0 aromatic heterocycles. The molecule has 114 valence electrons. The summed E-state index contributed by atoms with van der Waals surface area (Å²) in [5.74, 6) is 1.54. The molecule has 1 unspecified atom stereocenters. The molecule has 0 aliphatic carbocycles. The zero-order chi connectivity index (χ0) is 15.5. The van der Waals surface area contributed by atoms with Crippen molar-refractivity contribution in [2.45, 2.75) is 12.5 Å². The molecular weight excluding hydrogens is 278 g/mol. The molecule has 1 amide bonds. The number of rotatable bonds is 3. The fourth-order valence-corrected chi connectivity index (χ4v) is 2.83. The second-order valence-electron chi connectivity index (χ2n) is 5.34. The summed E-state index contributed by atoms with van der Waals surface area (Å²) in [6.45, 7) is 0.622. The van der Waals surface area contributed by atoms with Crippen LogP contribution in [0, 0.1) is 0 Å². The van der Waals surface area contributed by atoms with Crippen molar-refractivity contribution in [1.29, 1.82) is 0 Å². The second-order valence-corrected chi connectivity index (χ2v) is 5.34. The van der Waals surface area contributed by atoms with Crippen molar-refractivity contribution >= 4 is 5.91 Å². The van der Waals surface area contributed by atoms with Gasteiger partial charge in [0.15, 0.2) is 0 Å². The standard InChI is InChI=1S/C18H19NO3/c1-19(18(20)13-6-5-7-14(12-13)21-2)16-10-11-22-17-9-4-3-8-15(16)17/h3-9,12,16H,10-11H2,1-2H3.